The molecule has 0 aliphatic carbocycles. The van der Waals surface area contributed by atoms with Gasteiger partial charge in [0.25, 0.3) is 5.91 Å². The second kappa shape index (κ2) is 7.59. The van der Waals surface area contributed by atoms with Crippen molar-refractivity contribution in [3.63, 3.8) is 0 Å². The third kappa shape index (κ3) is 4.07. The fourth-order valence-electron chi connectivity index (χ4n) is 2.91. The van der Waals surface area contributed by atoms with Crippen LogP contribution < -0.4 is 10.1 Å². The van der Waals surface area contributed by atoms with Gasteiger partial charge in [0.2, 0.25) is 0 Å². The van der Waals surface area contributed by atoms with Gasteiger partial charge < -0.3 is 10.1 Å². The molecule has 0 saturated heterocycles. The van der Waals surface area contributed by atoms with Crippen LogP contribution in [0.3, 0.4) is 0 Å². The van der Waals surface area contributed by atoms with Crippen molar-refractivity contribution in [2.24, 2.45) is 0 Å². The molecule has 4 rings (SSSR count). The molecule has 134 valence electrons. The number of amides is 1. The van der Waals surface area contributed by atoms with Crippen LogP contribution in [0.2, 0.25) is 5.02 Å². The zero-order valence-corrected chi connectivity index (χ0v) is 16.5. The first-order chi connectivity index (χ1) is 13.1. The Bertz CT molecular complexity index is 1040. The Balaban J connectivity index is 1.56. The van der Waals surface area contributed by atoms with Crippen molar-refractivity contribution in [3.05, 3.63) is 92.9 Å². The fraction of sp³-hybridized carbons (Fsp3) is 0.0455. The van der Waals surface area contributed by atoms with E-state index < -0.39 is 0 Å². The van der Waals surface area contributed by atoms with E-state index in [-0.39, 0.29) is 5.91 Å². The van der Waals surface area contributed by atoms with Crippen LogP contribution >= 0.6 is 27.5 Å². The Kier molecular flexibility index (Phi) is 5.01. The molecule has 1 aliphatic rings. The molecule has 1 N–H and O–H groups in total. The van der Waals surface area contributed by atoms with E-state index in [1.54, 1.807) is 12.1 Å². The maximum atomic E-state index is 12.3. The number of ether oxygens (including phenoxy) is 1. The molecule has 0 spiro atoms. The molecule has 5 heteroatoms. The number of carbonyl (C=O) groups excluding carboxylic acids is 1. The van der Waals surface area contributed by atoms with E-state index in [0.717, 1.165) is 32.6 Å². The van der Waals surface area contributed by atoms with Gasteiger partial charge in [-0.3, -0.25) is 4.79 Å². The summed E-state index contributed by atoms with van der Waals surface area (Å²) in [4.78, 5) is 12.3. The summed E-state index contributed by atoms with van der Waals surface area (Å²) in [5, 5.41) is 3.46. The number of fused-ring (bicyclic) bond motifs is 1. The third-order valence-corrected chi connectivity index (χ3v) is 5.02. The van der Waals surface area contributed by atoms with Crippen molar-refractivity contribution in [3.8, 4) is 5.75 Å². The van der Waals surface area contributed by atoms with Gasteiger partial charge in [-0.2, -0.15) is 0 Å². The lowest BCUT2D eigenvalue weighted by Crippen LogP contribution is -2.03. The largest absolute Gasteiger partial charge is 0.489 e. The molecule has 3 aromatic rings. The number of hydrogen-bond acceptors (Lipinski definition) is 2. The van der Waals surface area contributed by atoms with Gasteiger partial charge in [-0.1, -0.05) is 51.8 Å². The van der Waals surface area contributed by atoms with Gasteiger partial charge in [0.1, 0.15) is 12.4 Å². The van der Waals surface area contributed by atoms with Gasteiger partial charge in [0, 0.05) is 26.3 Å². The van der Waals surface area contributed by atoms with Gasteiger partial charge in [-0.25, -0.2) is 0 Å². The predicted octanol–water partition coefficient (Wildman–Crippen LogP) is 6.17. The normalized spacial score (nSPS) is 14.1. The molecule has 0 aromatic heterocycles. The summed E-state index contributed by atoms with van der Waals surface area (Å²) in [6.07, 6.45) is 1.85. The molecule has 0 unspecified atom stereocenters. The van der Waals surface area contributed by atoms with E-state index in [2.05, 4.69) is 21.2 Å². The summed E-state index contributed by atoms with van der Waals surface area (Å²) in [7, 11) is 0. The molecular weight excluding hydrogens is 426 g/mol. The SMILES string of the molecule is O=C1Nc2ccc(Cl)cc2/C1=C/c1cccc(OCc2ccc(Br)cc2)c1. The molecule has 3 nitrogen and oxygen atoms in total. The Hall–Kier alpha value is -2.56. The summed E-state index contributed by atoms with van der Waals surface area (Å²) in [5.74, 6) is 0.616. The molecule has 1 aliphatic heterocycles. The average Bonchev–Trinajstić information content (AvgIpc) is 2.97. The molecule has 3 aromatic carbocycles. The van der Waals surface area contributed by atoms with E-state index in [1.165, 1.54) is 0 Å². The van der Waals surface area contributed by atoms with Gasteiger partial charge >= 0.3 is 0 Å². The standard InChI is InChI=1S/C22H15BrClNO2/c23-16-6-4-14(5-7-16)13-27-18-3-1-2-15(10-18)11-20-19-12-17(24)8-9-21(19)25-22(20)26/h1-12H,13H2,(H,25,26)/b20-11-. The van der Waals surface area contributed by atoms with E-state index in [1.807, 2.05) is 60.7 Å². The summed E-state index contributed by atoms with van der Waals surface area (Å²) >= 11 is 9.51. The highest BCUT2D eigenvalue weighted by Gasteiger charge is 2.24. The lowest BCUT2D eigenvalue weighted by molar-refractivity contribution is -0.110. The number of anilines is 1. The number of nitrogens with one attached hydrogen (secondary N) is 1. The molecule has 0 saturated carbocycles. The zero-order valence-electron chi connectivity index (χ0n) is 14.2. The number of halogens is 2. The summed E-state index contributed by atoms with van der Waals surface area (Å²) in [5.41, 5.74) is 4.16. The molecule has 1 heterocycles. The molecule has 1 amide bonds. The molecule has 0 atom stereocenters. The predicted molar refractivity (Wildman–Crippen MR) is 113 cm³/mol. The summed E-state index contributed by atoms with van der Waals surface area (Å²) in [6.45, 7) is 0.478. The average molecular weight is 441 g/mol. The second-order valence-corrected chi connectivity index (χ2v) is 7.54. The summed E-state index contributed by atoms with van der Waals surface area (Å²) in [6, 6.07) is 21.1. The maximum absolute atomic E-state index is 12.3. The van der Waals surface area contributed by atoms with Crippen LogP contribution in [-0.2, 0) is 11.4 Å². The molecule has 0 radical (unpaired) electrons. The monoisotopic (exact) mass is 439 g/mol. The number of hydrogen-bond donors (Lipinski definition) is 1. The van der Waals surface area contributed by atoms with Crippen LogP contribution in [-0.4, -0.2) is 5.91 Å². The first-order valence-corrected chi connectivity index (χ1v) is 9.56. The Morgan fingerprint density at radius 2 is 1.85 bits per heavy atom. The minimum absolute atomic E-state index is 0.131. The second-order valence-electron chi connectivity index (χ2n) is 6.19. The number of rotatable bonds is 4. The van der Waals surface area contributed by atoms with Crippen molar-refractivity contribution >= 4 is 50.8 Å². The van der Waals surface area contributed by atoms with Crippen molar-refractivity contribution in [2.45, 2.75) is 6.61 Å². The van der Waals surface area contributed by atoms with Crippen LogP contribution in [0.5, 0.6) is 5.75 Å². The van der Waals surface area contributed by atoms with Crippen LogP contribution in [0.4, 0.5) is 5.69 Å². The van der Waals surface area contributed by atoms with E-state index in [4.69, 9.17) is 16.3 Å². The highest BCUT2D eigenvalue weighted by Crippen LogP contribution is 2.35. The highest BCUT2D eigenvalue weighted by atomic mass is 79.9. The molecule has 27 heavy (non-hydrogen) atoms. The van der Waals surface area contributed by atoms with Crippen LogP contribution in [0.25, 0.3) is 11.6 Å². The smallest absolute Gasteiger partial charge is 0.256 e. The first-order valence-electron chi connectivity index (χ1n) is 8.39. The minimum Gasteiger partial charge on any atom is -0.489 e. The zero-order chi connectivity index (χ0) is 18.8. The van der Waals surface area contributed by atoms with Gasteiger partial charge in [0.15, 0.2) is 0 Å². The number of benzene rings is 3. The van der Waals surface area contributed by atoms with Crippen LogP contribution in [0.15, 0.2) is 71.2 Å². The van der Waals surface area contributed by atoms with Gasteiger partial charge in [-0.05, 0) is 59.7 Å². The topological polar surface area (TPSA) is 38.3 Å². The third-order valence-electron chi connectivity index (χ3n) is 4.25. The molecular formula is C22H15BrClNO2. The lowest BCUT2D eigenvalue weighted by Gasteiger charge is -2.07. The van der Waals surface area contributed by atoms with E-state index in [9.17, 15) is 4.79 Å². The van der Waals surface area contributed by atoms with Crippen LogP contribution in [0.1, 0.15) is 16.7 Å². The van der Waals surface area contributed by atoms with Crippen molar-refractivity contribution in [1.29, 1.82) is 0 Å². The van der Waals surface area contributed by atoms with E-state index in [0.29, 0.717) is 17.2 Å². The van der Waals surface area contributed by atoms with Gasteiger partial charge in [-0.15, -0.1) is 0 Å². The van der Waals surface area contributed by atoms with Crippen LogP contribution in [0, 0.1) is 0 Å². The van der Waals surface area contributed by atoms with Crippen molar-refractivity contribution < 1.29 is 9.53 Å². The Morgan fingerprint density at radius 3 is 2.67 bits per heavy atom. The van der Waals surface area contributed by atoms with Crippen molar-refractivity contribution in [1.82, 2.24) is 0 Å². The van der Waals surface area contributed by atoms with Crippen molar-refractivity contribution in [2.75, 3.05) is 5.32 Å². The minimum atomic E-state index is -0.131. The first kappa shape index (κ1) is 17.8. The maximum Gasteiger partial charge on any atom is 0.256 e. The molecule has 0 fully saturated rings. The fourth-order valence-corrected chi connectivity index (χ4v) is 3.35. The Labute approximate surface area is 170 Å². The number of carbonyl (C=O) groups is 1. The Morgan fingerprint density at radius 1 is 1.04 bits per heavy atom. The van der Waals surface area contributed by atoms with E-state index >= 15 is 0 Å². The molecule has 0 bridgehead atoms. The quantitative estimate of drug-likeness (QED) is 0.492. The summed E-state index contributed by atoms with van der Waals surface area (Å²) < 4.78 is 6.92. The highest BCUT2D eigenvalue weighted by molar-refractivity contribution is 9.10. The lowest BCUT2D eigenvalue weighted by atomic mass is 10.0. The van der Waals surface area contributed by atoms with Gasteiger partial charge in [0.05, 0.1) is 0 Å².